The van der Waals surface area contributed by atoms with Crippen LogP contribution in [0, 0.1) is 0 Å². The van der Waals surface area contributed by atoms with E-state index in [0.717, 1.165) is 32.1 Å². The molecule has 32 heavy (non-hydrogen) atoms. The maximum absolute atomic E-state index is 6.27. The molecule has 1 atom stereocenters. The second kappa shape index (κ2) is 13.4. The summed E-state index contributed by atoms with van der Waals surface area (Å²) in [6.45, 7) is 20.6. The summed E-state index contributed by atoms with van der Waals surface area (Å²) in [6, 6.07) is 0. The van der Waals surface area contributed by atoms with Gasteiger partial charge in [0.25, 0.3) is 0 Å². The average Bonchev–Trinajstić information content (AvgIpc) is 2.98. The summed E-state index contributed by atoms with van der Waals surface area (Å²) in [4.78, 5) is 0.663. The molecule has 0 aliphatic carbocycles. The van der Waals surface area contributed by atoms with E-state index in [-0.39, 0.29) is 49.7 Å². The van der Waals surface area contributed by atoms with Gasteiger partial charge in [-0.05, 0) is 68.2 Å². The number of alkyl halides is 1. The maximum atomic E-state index is 6.27. The van der Waals surface area contributed by atoms with E-state index in [1.54, 1.807) is 0 Å². The van der Waals surface area contributed by atoms with Gasteiger partial charge >= 0.3 is 14.2 Å². The Morgan fingerprint density at radius 1 is 0.781 bits per heavy atom. The van der Waals surface area contributed by atoms with Gasteiger partial charge in [0.15, 0.2) is 0 Å². The Morgan fingerprint density at radius 2 is 1.19 bits per heavy atom. The van der Waals surface area contributed by atoms with E-state index in [1.807, 2.05) is 33.8 Å². The van der Waals surface area contributed by atoms with Crippen molar-refractivity contribution in [3.8, 4) is 0 Å². The predicted octanol–water partition coefficient (Wildman–Crippen LogP) is 8.23. The zero-order valence-electron chi connectivity index (χ0n) is 20.7. The van der Waals surface area contributed by atoms with Gasteiger partial charge in [-0.2, -0.15) is 0 Å². The molecule has 1 unspecified atom stereocenters. The van der Waals surface area contributed by atoms with E-state index >= 15 is 0 Å². The highest BCUT2D eigenvalue weighted by atomic mass is 35.5. The minimum Gasteiger partial charge on any atom is -0.402 e. The Morgan fingerprint density at radius 3 is 1.56 bits per heavy atom. The molecule has 0 aromatic rings. The van der Waals surface area contributed by atoms with Gasteiger partial charge in [0, 0.05) is 4.93 Å². The van der Waals surface area contributed by atoms with E-state index in [1.165, 1.54) is 0 Å². The Hall–Kier alpha value is 0.290. The first-order valence-corrected chi connectivity index (χ1v) is 12.1. The van der Waals surface area contributed by atoms with Crippen LogP contribution in [0.25, 0.3) is 0 Å². The van der Waals surface area contributed by atoms with Gasteiger partial charge in [0.1, 0.15) is 0 Å². The van der Waals surface area contributed by atoms with Crippen molar-refractivity contribution in [3.05, 3.63) is 11.0 Å². The largest absolute Gasteiger partial charge is 0.506 e. The van der Waals surface area contributed by atoms with Crippen LogP contribution in [0.1, 0.15) is 116 Å². The van der Waals surface area contributed by atoms with Crippen LogP contribution in [0.3, 0.4) is 0 Å². The Bertz CT molecular complexity index is 548. The molecule has 2 saturated heterocycles. The van der Waals surface area contributed by atoms with E-state index in [2.05, 4.69) is 41.5 Å². The monoisotopic (exact) mass is 494 g/mol. The fourth-order valence-electron chi connectivity index (χ4n) is 2.91. The first kappa shape index (κ1) is 34.5. The van der Waals surface area contributed by atoms with E-state index in [0.29, 0.717) is 4.93 Å². The van der Waals surface area contributed by atoms with Crippen LogP contribution < -0.4 is 0 Å². The van der Waals surface area contributed by atoms with Crippen molar-refractivity contribution in [2.24, 2.45) is 0 Å². The van der Waals surface area contributed by atoms with Crippen LogP contribution in [-0.4, -0.2) is 41.9 Å². The fourth-order valence-corrected chi connectivity index (χ4v) is 3.36. The third-order valence-corrected chi connectivity index (χ3v) is 7.26. The Balaban J connectivity index is 0. The summed E-state index contributed by atoms with van der Waals surface area (Å²) >= 11 is 12.4. The summed E-state index contributed by atoms with van der Waals surface area (Å²) in [6.07, 6.45) is 7.25. The summed E-state index contributed by atoms with van der Waals surface area (Å²) in [5.41, 5.74) is -1.15. The molecule has 190 valence electrons. The summed E-state index contributed by atoms with van der Waals surface area (Å²) in [7, 11) is -0.661. The highest BCUT2D eigenvalue weighted by Gasteiger charge is 2.53. The number of hydrogen-bond donors (Lipinski definition) is 0. The molecular weight excluding hydrogens is 445 g/mol. The highest BCUT2D eigenvalue weighted by molar-refractivity contribution is 6.69. The lowest BCUT2D eigenvalue weighted by atomic mass is 9.81. The molecule has 0 N–H and O–H groups in total. The SMILES string of the molecule is C.C.CCC/C=C(/Cl)B1OC(C)(C)C(C)(C)O1.CCCCC(Cl)B1OC(C)(C)C(C)(C)O1. The van der Waals surface area contributed by atoms with Gasteiger partial charge in [0.2, 0.25) is 0 Å². The molecular formula is C24H50B2Cl2O4. The van der Waals surface area contributed by atoms with Gasteiger partial charge < -0.3 is 18.6 Å². The molecule has 8 heteroatoms. The van der Waals surface area contributed by atoms with Crippen LogP contribution >= 0.6 is 23.2 Å². The van der Waals surface area contributed by atoms with Gasteiger partial charge in [-0.15, -0.1) is 11.6 Å². The smallest absolute Gasteiger partial charge is 0.402 e. The van der Waals surface area contributed by atoms with Crippen LogP contribution in [-0.2, 0) is 18.6 Å². The quantitative estimate of drug-likeness (QED) is 0.264. The predicted molar refractivity (Wildman–Crippen MR) is 144 cm³/mol. The van der Waals surface area contributed by atoms with Crippen molar-refractivity contribution in [3.63, 3.8) is 0 Å². The zero-order valence-corrected chi connectivity index (χ0v) is 22.2. The molecule has 0 aromatic carbocycles. The molecule has 0 amide bonds. The molecule has 2 fully saturated rings. The Labute approximate surface area is 210 Å². The molecule has 0 spiro atoms. The zero-order chi connectivity index (χ0) is 23.4. The molecule has 0 bridgehead atoms. The molecule has 2 aliphatic heterocycles. The number of rotatable bonds is 7. The van der Waals surface area contributed by atoms with Crippen molar-refractivity contribution in [1.29, 1.82) is 0 Å². The van der Waals surface area contributed by atoms with Crippen LogP contribution in [0.15, 0.2) is 11.0 Å². The normalized spacial score (nSPS) is 23.6. The van der Waals surface area contributed by atoms with E-state index in [4.69, 9.17) is 41.8 Å². The number of unbranched alkanes of at least 4 members (excludes halogenated alkanes) is 2. The molecule has 0 radical (unpaired) electrons. The lowest BCUT2D eigenvalue weighted by Gasteiger charge is -2.32. The van der Waals surface area contributed by atoms with Gasteiger partial charge in [-0.25, -0.2) is 0 Å². The second-order valence-corrected chi connectivity index (χ2v) is 11.2. The van der Waals surface area contributed by atoms with Crippen LogP contribution in [0.4, 0.5) is 0 Å². The van der Waals surface area contributed by atoms with Crippen LogP contribution in [0.5, 0.6) is 0 Å². The first-order chi connectivity index (χ1) is 13.6. The van der Waals surface area contributed by atoms with Crippen molar-refractivity contribution >= 4 is 37.4 Å². The molecule has 0 aromatic heterocycles. The molecule has 0 saturated carbocycles. The average molecular weight is 495 g/mol. The first-order valence-electron chi connectivity index (χ1n) is 11.3. The lowest BCUT2D eigenvalue weighted by molar-refractivity contribution is 0.00578. The third kappa shape index (κ3) is 8.82. The maximum Gasteiger partial charge on any atom is 0.506 e. The second-order valence-electron chi connectivity index (χ2n) is 10.2. The van der Waals surface area contributed by atoms with Gasteiger partial charge in [-0.3, -0.25) is 0 Å². The molecule has 4 nitrogen and oxygen atoms in total. The van der Waals surface area contributed by atoms with Crippen LogP contribution in [0.2, 0.25) is 0 Å². The third-order valence-electron chi connectivity index (χ3n) is 6.51. The number of halogens is 2. The highest BCUT2D eigenvalue weighted by Crippen LogP contribution is 2.40. The van der Waals surface area contributed by atoms with Gasteiger partial charge in [0.05, 0.1) is 27.7 Å². The molecule has 2 rings (SSSR count). The topological polar surface area (TPSA) is 36.9 Å². The van der Waals surface area contributed by atoms with Crippen molar-refractivity contribution in [2.75, 3.05) is 0 Å². The minimum atomic E-state index is -0.400. The van der Waals surface area contributed by atoms with Gasteiger partial charge in [-0.1, -0.05) is 65.6 Å². The number of allylic oxidation sites excluding steroid dienone is 1. The van der Waals surface area contributed by atoms with Crippen molar-refractivity contribution in [1.82, 2.24) is 0 Å². The Kier molecular flexibility index (Phi) is 14.4. The van der Waals surface area contributed by atoms with E-state index < -0.39 is 7.12 Å². The summed E-state index contributed by atoms with van der Waals surface area (Å²) in [5.74, 6) is 0. The minimum absolute atomic E-state index is 0. The van der Waals surface area contributed by atoms with Crippen molar-refractivity contribution < 1.29 is 18.6 Å². The number of hydrogen-bond acceptors (Lipinski definition) is 4. The summed E-state index contributed by atoms with van der Waals surface area (Å²) < 4.78 is 23.3. The molecule has 2 heterocycles. The summed E-state index contributed by atoms with van der Waals surface area (Å²) in [5, 5.41) is -0.0361. The fraction of sp³-hybridized carbons (Fsp3) is 0.917. The lowest BCUT2D eigenvalue weighted by Crippen LogP contribution is -2.41. The van der Waals surface area contributed by atoms with Crippen molar-refractivity contribution in [2.45, 2.75) is 144 Å². The standard InChI is InChI=1S/C11H22BClO2.C11H20BClO2.2CH4/c2*1-6-7-8-9(13)12-14-10(2,3)11(4,5)15-12;;/h9H,6-8H2,1-5H3;8H,6-7H2,1-5H3;2*1H4/b;9-8+;;. The molecule has 2 aliphatic rings. The van der Waals surface area contributed by atoms with E-state index in [9.17, 15) is 0 Å².